The maximum atomic E-state index is 13.6. The molecule has 7 N–H and O–H groups in total. The Morgan fingerprint density at radius 2 is 1.55 bits per heavy atom. The number of unbranched alkanes of at least 4 members (excludes halogenated alkanes) is 1. The van der Waals surface area contributed by atoms with Crippen molar-refractivity contribution in [1.82, 2.24) is 10.0 Å². The second kappa shape index (κ2) is 11.5. The minimum absolute atomic E-state index is 0.0381. The van der Waals surface area contributed by atoms with E-state index < -0.39 is 53.0 Å². The number of aliphatic carboxylic acids is 1. The topological polar surface area (TPSA) is 230 Å². The van der Waals surface area contributed by atoms with Crippen LogP contribution in [0.15, 0.2) is 63.2 Å². The summed E-state index contributed by atoms with van der Waals surface area (Å²) in [5.41, 5.74) is 6.48. The number of nitrogens with two attached hydrogens (primary N) is 1. The van der Waals surface area contributed by atoms with E-state index in [0.29, 0.717) is 17.4 Å². The molecule has 2 unspecified atom stereocenters. The Labute approximate surface area is 243 Å². The van der Waals surface area contributed by atoms with Crippen molar-refractivity contribution < 1.29 is 44.8 Å². The molecule has 13 nitrogen and oxygen atoms in total. The number of carbonyl (C=O) groups is 2. The summed E-state index contributed by atoms with van der Waals surface area (Å²) in [5, 5.41) is 13.0. The van der Waals surface area contributed by atoms with Gasteiger partial charge in [0, 0.05) is 50.1 Å². The highest BCUT2D eigenvalue weighted by atomic mass is 32.2. The van der Waals surface area contributed by atoms with Crippen molar-refractivity contribution in [3.63, 3.8) is 0 Å². The molecule has 0 heterocycles. The molecule has 4 aromatic carbocycles. The third-order valence-electron chi connectivity index (χ3n) is 6.76. The van der Waals surface area contributed by atoms with Crippen molar-refractivity contribution in [3.8, 4) is 0 Å². The molecule has 0 aliphatic heterocycles. The normalized spacial score (nSPS) is 13.9. The fraction of sp³-hybridized carbons (Fsp3) is 0.231. The molecule has 0 spiro atoms. The molecule has 0 radical (unpaired) electrons. The van der Waals surface area contributed by atoms with E-state index in [2.05, 4.69) is 16.6 Å². The highest BCUT2D eigenvalue weighted by Gasteiger charge is 2.29. The molecule has 0 saturated heterocycles. The molecule has 0 bridgehead atoms. The summed E-state index contributed by atoms with van der Waals surface area (Å²) in [5.74, 6) is -1.78. The van der Waals surface area contributed by atoms with Crippen molar-refractivity contribution in [2.75, 3.05) is 12.3 Å². The van der Waals surface area contributed by atoms with Crippen LogP contribution >= 0.6 is 0 Å². The van der Waals surface area contributed by atoms with Gasteiger partial charge in [-0.3, -0.25) is 14.1 Å². The molecule has 0 aliphatic carbocycles. The van der Waals surface area contributed by atoms with Gasteiger partial charge in [0.15, 0.2) is 11.1 Å². The van der Waals surface area contributed by atoms with Gasteiger partial charge in [-0.15, -0.1) is 0 Å². The first-order chi connectivity index (χ1) is 19.5. The number of nitrogen functional groups attached to an aromatic ring is 1. The largest absolute Gasteiger partial charge is 0.480 e. The number of amides is 1. The van der Waals surface area contributed by atoms with Crippen LogP contribution in [0.25, 0.3) is 32.3 Å². The van der Waals surface area contributed by atoms with Gasteiger partial charge in [0.1, 0.15) is 10.9 Å². The number of nitrogens with one attached hydrogen (secondary N) is 2. The maximum absolute atomic E-state index is 13.6. The number of carbonyl (C=O) groups excluding carboxylic acids is 1. The molecular formula is C26H27N3O10S3. The number of sulfonamides is 1. The SMILES string of the molecule is C=C(C)C(=O)NCCCCC(NS(=O)(=O)c1cc(N)c2ccc3c(S(=O)(=O)O)cc(S(=O)O)c4ccc1c2c43)C(=O)O. The van der Waals surface area contributed by atoms with E-state index in [1.54, 1.807) is 0 Å². The smallest absolute Gasteiger partial charge is 0.321 e. The maximum Gasteiger partial charge on any atom is 0.321 e. The molecule has 4 rings (SSSR count). The number of carboxylic acid groups (broad SMARTS) is 1. The first-order valence-electron chi connectivity index (χ1n) is 12.4. The number of carboxylic acids is 1. The van der Waals surface area contributed by atoms with Crippen molar-refractivity contribution >= 4 is 81.1 Å². The number of anilines is 1. The highest BCUT2D eigenvalue weighted by Crippen LogP contribution is 2.43. The first-order valence-corrected chi connectivity index (χ1v) is 16.4. The van der Waals surface area contributed by atoms with Crippen LogP contribution in [0.2, 0.25) is 0 Å². The van der Waals surface area contributed by atoms with E-state index in [9.17, 15) is 44.8 Å². The Morgan fingerprint density at radius 3 is 2.12 bits per heavy atom. The van der Waals surface area contributed by atoms with Crippen molar-refractivity contribution in [3.05, 3.63) is 48.6 Å². The summed E-state index contributed by atoms with van der Waals surface area (Å²) in [4.78, 5) is 22.2. The molecular weight excluding hydrogens is 610 g/mol. The van der Waals surface area contributed by atoms with Crippen molar-refractivity contribution in [2.45, 2.75) is 46.9 Å². The monoisotopic (exact) mass is 637 g/mol. The zero-order valence-electron chi connectivity index (χ0n) is 22.1. The van der Waals surface area contributed by atoms with Gasteiger partial charge in [-0.2, -0.15) is 13.1 Å². The molecule has 1 amide bonds. The standard InChI is InChI=1S/C26H27N3O10S3/c1-13(2)25(30)28-10-4-3-5-19(26(31)32)29-41(35,36)21-11-18(27)14-6-8-17-22(42(37,38)39)12-20(40(33)34)15-7-9-16(21)23(14)24(15)17/h6-9,11-12,19,29H,1,3-5,10,27H2,2H3,(H,28,30)(H,31,32)(H,33,34)(H,37,38,39). The van der Waals surface area contributed by atoms with Crippen LogP contribution in [0.5, 0.6) is 0 Å². The van der Waals surface area contributed by atoms with Gasteiger partial charge in [0.2, 0.25) is 15.9 Å². The van der Waals surface area contributed by atoms with Gasteiger partial charge in [-0.05, 0) is 38.3 Å². The fourth-order valence-electron chi connectivity index (χ4n) is 4.81. The lowest BCUT2D eigenvalue weighted by molar-refractivity contribution is -0.139. The van der Waals surface area contributed by atoms with Crippen LogP contribution in [0, 0.1) is 0 Å². The van der Waals surface area contributed by atoms with Gasteiger partial charge in [-0.25, -0.2) is 12.6 Å². The lowest BCUT2D eigenvalue weighted by Gasteiger charge is -2.20. The number of hydrogen-bond acceptors (Lipinski definition) is 8. The molecule has 224 valence electrons. The summed E-state index contributed by atoms with van der Waals surface area (Å²) >= 11 is -2.69. The predicted octanol–water partition coefficient (Wildman–Crippen LogP) is 2.59. The molecule has 4 aromatic rings. The Balaban J connectivity index is 1.81. The third-order valence-corrected chi connectivity index (χ3v) is 9.88. The quantitative estimate of drug-likeness (QED) is 0.0330. The highest BCUT2D eigenvalue weighted by molar-refractivity contribution is 7.89. The summed E-state index contributed by atoms with van der Waals surface area (Å²) in [6.45, 7) is 5.29. The Kier molecular flexibility index (Phi) is 8.59. The van der Waals surface area contributed by atoms with Gasteiger partial charge >= 0.3 is 5.97 Å². The molecule has 0 aliphatic rings. The van der Waals surface area contributed by atoms with E-state index in [1.165, 1.54) is 31.2 Å². The van der Waals surface area contributed by atoms with E-state index in [4.69, 9.17) is 5.73 Å². The van der Waals surface area contributed by atoms with Crippen LogP contribution in [0.1, 0.15) is 26.2 Å². The number of hydrogen-bond donors (Lipinski definition) is 6. The zero-order chi connectivity index (χ0) is 31.1. The van der Waals surface area contributed by atoms with Gasteiger partial charge < -0.3 is 20.7 Å². The van der Waals surface area contributed by atoms with Gasteiger partial charge in [-0.1, -0.05) is 30.8 Å². The summed E-state index contributed by atoms with van der Waals surface area (Å²) < 4.78 is 85.6. The molecule has 0 fully saturated rings. The first kappa shape index (κ1) is 31.3. The second-order valence-electron chi connectivity index (χ2n) is 9.68. The van der Waals surface area contributed by atoms with Crippen LogP contribution in [0.3, 0.4) is 0 Å². The minimum atomic E-state index is -4.88. The summed E-state index contributed by atoms with van der Waals surface area (Å²) in [7, 11) is -9.43. The van der Waals surface area contributed by atoms with Crippen LogP contribution in [-0.2, 0) is 40.8 Å². The molecule has 0 aromatic heterocycles. The van der Waals surface area contributed by atoms with E-state index in [0.717, 1.165) is 12.1 Å². The summed E-state index contributed by atoms with van der Waals surface area (Å²) in [6.07, 6.45) is 0.541. The number of rotatable bonds is 12. The van der Waals surface area contributed by atoms with Crippen LogP contribution in [-0.4, -0.2) is 59.7 Å². The van der Waals surface area contributed by atoms with Gasteiger partial charge in [0.25, 0.3) is 10.1 Å². The average Bonchev–Trinajstić information content (AvgIpc) is 2.89. The Morgan fingerprint density at radius 1 is 0.976 bits per heavy atom. The number of benzene rings is 4. The zero-order valence-corrected chi connectivity index (χ0v) is 24.5. The summed E-state index contributed by atoms with van der Waals surface area (Å²) in [6, 6.07) is 5.95. The van der Waals surface area contributed by atoms with Crippen LogP contribution < -0.4 is 15.8 Å². The second-order valence-corrected chi connectivity index (χ2v) is 13.7. The Bertz CT molecular complexity index is 2010. The molecule has 0 saturated carbocycles. The third kappa shape index (κ3) is 5.95. The lowest BCUT2D eigenvalue weighted by atomic mass is 9.93. The van der Waals surface area contributed by atoms with Gasteiger partial charge in [0.05, 0.1) is 9.79 Å². The Hall–Kier alpha value is -3.67. The molecule has 16 heteroatoms. The minimum Gasteiger partial charge on any atom is -0.480 e. The van der Waals surface area contributed by atoms with Crippen molar-refractivity contribution in [1.29, 1.82) is 0 Å². The molecule has 42 heavy (non-hydrogen) atoms. The predicted molar refractivity (Wildman–Crippen MR) is 157 cm³/mol. The average molecular weight is 638 g/mol. The van der Waals surface area contributed by atoms with Crippen LogP contribution in [0.4, 0.5) is 5.69 Å². The molecule has 2 atom stereocenters. The van der Waals surface area contributed by atoms with Crippen molar-refractivity contribution in [2.24, 2.45) is 0 Å². The lowest BCUT2D eigenvalue weighted by Crippen LogP contribution is -2.40. The van der Waals surface area contributed by atoms with E-state index >= 15 is 0 Å². The van der Waals surface area contributed by atoms with E-state index in [-0.39, 0.29) is 62.8 Å². The fourth-order valence-corrected chi connectivity index (χ4v) is 7.64. The van der Waals surface area contributed by atoms with E-state index in [1.807, 2.05) is 0 Å².